The van der Waals surface area contributed by atoms with Crippen LogP contribution >= 0.6 is 0 Å². The van der Waals surface area contributed by atoms with Crippen molar-refractivity contribution in [2.24, 2.45) is 0 Å². The monoisotopic (exact) mass is 241 g/mol. The molecule has 1 amide bonds. The highest BCUT2D eigenvalue weighted by molar-refractivity contribution is 5.82. The third-order valence-corrected chi connectivity index (χ3v) is 3.41. The molecule has 0 aliphatic carbocycles. The van der Waals surface area contributed by atoms with Crippen molar-refractivity contribution in [1.82, 2.24) is 16.0 Å². The first kappa shape index (κ1) is 12.8. The quantitative estimate of drug-likeness (QED) is 0.628. The Kier molecular flexibility index (Phi) is 4.76. The summed E-state index contributed by atoms with van der Waals surface area (Å²) in [6.07, 6.45) is 3.02. The van der Waals surface area contributed by atoms with E-state index < -0.39 is 0 Å². The lowest BCUT2D eigenvalue weighted by molar-refractivity contribution is -0.124. The lowest BCUT2D eigenvalue weighted by Gasteiger charge is -2.30. The van der Waals surface area contributed by atoms with Gasteiger partial charge in [0.05, 0.1) is 19.3 Å². The van der Waals surface area contributed by atoms with E-state index in [0.29, 0.717) is 12.1 Å². The van der Waals surface area contributed by atoms with Crippen LogP contribution in [0.25, 0.3) is 0 Å². The summed E-state index contributed by atoms with van der Waals surface area (Å²) >= 11 is 0. The van der Waals surface area contributed by atoms with Crippen molar-refractivity contribution in [3.63, 3.8) is 0 Å². The molecule has 2 rings (SSSR count). The van der Waals surface area contributed by atoms with Crippen LogP contribution in [-0.4, -0.2) is 50.3 Å². The van der Waals surface area contributed by atoms with E-state index in [1.807, 2.05) is 0 Å². The van der Waals surface area contributed by atoms with Gasteiger partial charge < -0.3 is 20.7 Å². The Morgan fingerprint density at radius 2 is 2.41 bits per heavy atom. The normalized spacial score (nSPS) is 31.9. The molecule has 2 aliphatic rings. The standard InChI is InChI=1S/C12H23N3O2/c1-9(7-10-8-17-6-5-13-10)15-11-3-2-4-14-12(11)16/h9-11,13,15H,2-8H2,1H3,(H,14,16). The summed E-state index contributed by atoms with van der Waals surface area (Å²) in [5.74, 6) is 0.149. The first-order valence-electron chi connectivity index (χ1n) is 6.60. The Morgan fingerprint density at radius 3 is 3.12 bits per heavy atom. The van der Waals surface area contributed by atoms with Gasteiger partial charge in [0.2, 0.25) is 5.91 Å². The molecule has 98 valence electrons. The molecule has 0 aromatic carbocycles. The number of rotatable bonds is 4. The summed E-state index contributed by atoms with van der Waals surface area (Å²) in [7, 11) is 0. The minimum atomic E-state index is -0.0109. The molecule has 2 heterocycles. The molecule has 2 saturated heterocycles. The lowest BCUT2D eigenvalue weighted by atomic mass is 10.0. The number of carbonyl (C=O) groups excluding carboxylic acids is 1. The predicted octanol–water partition coefficient (Wildman–Crippen LogP) is -0.378. The molecule has 0 spiro atoms. The Bertz CT molecular complexity index is 254. The molecule has 0 aromatic heterocycles. The molecule has 2 fully saturated rings. The van der Waals surface area contributed by atoms with Gasteiger partial charge in [-0.1, -0.05) is 0 Å². The number of ether oxygens (including phenoxy) is 1. The number of hydrogen-bond acceptors (Lipinski definition) is 4. The van der Waals surface area contributed by atoms with Gasteiger partial charge in [0.1, 0.15) is 0 Å². The lowest BCUT2D eigenvalue weighted by Crippen LogP contribution is -2.53. The van der Waals surface area contributed by atoms with Gasteiger partial charge >= 0.3 is 0 Å². The van der Waals surface area contributed by atoms with E-state index in [4.69, 9.17) is 4.74 Å². The maximum absolute atomic E-state index is 11.6. The van der Waals surface area contributed by atoms with Crippen molar-refractivity contribution in [3.05, 3.63) is 0 Å². The van der Waals surface area contributed by atoms with Gasteiger partial charge in [-0.3, -0.25) is 4.79 Å². The molecule has 0 bridgehead atoms. The van der Waals surface area contributed by atoms with Crippen LogP contribution in [0.4, 0.5) is 0 Å². The summed E-state index contributed by atoms with van der Waals surface area (Å²) in [6, 6.07) is 0.740. The van der Waals surface area contributed by atoms with Crippen LogP contribution in [0, 0.1) is 0 Å². The van der Waals surface area contributed by atoms with Crippen molar-refractivity contribution < 1.29 is 9.53 Å². The van der Waals surface area contributed by atoms with E-state index in [1.54, 1.807) is 0 Å². The van der Waals surface area contributed by atoms with Gasteiger partial charge in [0.15, 0.2) is 0 Å². The van der Waals surface area contributed by atoms with Gasteiger partial charge in [0, 0.05) is 25.2 Å². The molecular weight excluding hydrogens is 218 g/mol. The Morgan fingerprint density at radius 1 is 1.53 bits per heavy atom. The Labute approximate surface area is 103 Å². The van der Waals surface area contributed by atoms with Gasteiger partial charge in [0.25, 0.3) is 0 Å². The highest BCUT2D eigenvalue weighted by Gasteiger charge is 2.24. The molecule has 0 saturated carbocycles. The number of piperidine rings is 1. The first-order valence-corrected chi connectivity index (χ1v) is 6.60. The zero-order valence-corrected chi connectivity index (χ0v) is 10.5. The van der Waals surface area contributed by atoms with E-state index in [1.165, 1.54) is 0 Å². The first-order chi connectivity index (χ1) is 8.25. The number of carbonyl (C=O) groups is 1. The third-order valence-electron chi connectivity index (χ3n) is 3.41. The maximum atomic E-state index is 11.6. The fourth-order valence-electron chi connectivity index (χ4n) is 2.54. The average Bonchev–Trinajstić information content (AvgIpc) is 2.33. The van der Waals surface area contributed by atoms with Gasteiger partial charge in [-0.15, -0.1) is 0 Å². The zero-order chi connectivity index (χ0) is 12.1. The van der Waals surface area contributed by atoms with Crippen molar-refractivity contribution in [3.8, 4) is 0 Å². The SMILES string of the molecule is CC(CC1COCCN1)NC1CCCNC1=O. The molecule has 3 unspecified atom stereocenters. The number of morpholine rings is 1. The van der Waals surface area contributed by atoms with E-state index >= 15 is 0 Å². The van der Waals surface area contributed by atoms with Crippen LogP contribution in [-0.2, 0) is 9.53 Å². The number of nitrogens with one attached hydrogen (secondary N) is 3. The topological polar surface area (TPSA) is 62.4 Å². The summed E-state index contributed by atoms with van der Waals surface area (Å²) < 4.78 is 5.42. The van der Waals surface area contributed by atoms with Crippen molar-refractivity contribution in [2.45, 2.75) is 44.3 Å². The van der Waals surface area contributed by atoms with Crippen molar-refractivity contribution >= 4 is 5.91 Å². The molecule has 3 N–H and O–H groups in total. The van der Waals surface area contributed by atoms with Gasteiger partial charge in [-0.2, -0.15) is 0 Å². The van der Waals surface area contributed by atoms with E-state index in [2.05, 4.69) is 22.9 Å². The fourth-order valence-corrected chi connectivity index (χ4v) is 2.54. The number of hydrogen-bond donors (Lipinski definition) is 3. The number of amides is 1. The van der Waals surface area contributed by atoms with E-state index in [0.717, 1.165) is 45.6 Å². The summed E-state index contributed by atoms with van der Waals surface area (Å²) in [5.41, 5.74) is 0. The summed E-state index contributed by atoms with van der Waals surface area (Å²) in [6.45, 7) is 5.48. The molecule has 17 heavy (non-hydrogen) atoms. The fraction of sp³-hybridized carbons (Fsp3) is 0.917. The Hall–Kier alpha value is -0.650. The van der Waals surface area contributed by atoms with Crippen LogP contribution in [0.3, 0.4) is 0 Å². The van der Waals surface area contributed by atoms with Gasteiger partial charge in [-0.25, -0.2) is 0 Å². The molecule has 2 aliphatic heterocycles. The minimum absolute atomic E-state index is 0.0109. The molecule has 3 atom stereocenters. The Balaban J connectivity index is 1.71. The van der Waals surface area contributed by atoms with Crippen LogP contribution in [0.2, 0.25) is 0 Å². The second kappa shape index (κ2) is 6.33. The maximum Gasteiger partial charge on any atom is 0.237 e. The molecule has 0 aromatic rings. The second-order valence-electron chi connectivity index (χ2n) is 5.02. The highest BCUT2D eigenvalue weighted by Crippen LogP contribution is 2.07. The van der Waals surface area contributed by atoms with Crippen LogP contribution in [0.1, 0.15) is 26.2 Å². The van der Waals surface area contributed by atoms with E-state index in [9.17, 15) is 4.79 Å². The average molecular weight is 241 g/mol. The highest BCUT2D eigenvalue weighted by atomic mass is 16.5. The minimum Gasteiger partial charge on any atom is -0.379 e. The zero-order valence-electron chi connectivity index (χ0n) is 10.5. The largest absolute Gasteiger partial charge is 0.379 e. The molecule has 5 heteroatoms. The second-order valence-corrected chi connectivity index (χ2v) is 5.02. The van der Waals surface area contributed by atoms with Gasteiger partial charge in [-0.05, 0) is 26.2 Å². The van der Waals surface area contributed by atoms with Crippen LogP contribution < -0.4 is 16.0 Å². The van der Waals surface area contributed by atoms with Crippen LogP contribution in [0.15, 0.2) is 0 Å². The summed E-state index contributed by atoms with van der Waals surface area (Å²) in [4.78, 5) is 11.6. The predicted molar refractivity (Wildman–Crippen MR) is 65.9 cm³/mol. The molecular formula is C12H23N3O2. The van der Waals surface area contributed by atoms with Crippen molar-refractivity contribution in [1.29, 1.82) is 0 Å². The smallest absolute Gasteiger partial charge is 0.237 e. The third kappa shape index (κ3) is 3.94. The molecule has 0 radical (unpaired) electrons. The van der Waals surface area contributed by atoms with E-state index in [-0.39, 0.29) is 11.9 Å². The van der Waals surface area contributed by atoms with Crippen LogP contribution in [0.5, 0.6) is 0 Å². The molecule has 5 nitrogen and oxygen atoms in total. The van der Waals surface area contributed by atoms with Crippen molar-refractivity contribution in [2.75, 3.05) is 26.3 Å². The summed E-state index contributed by atoms with van der Waals surface area (Å²) in [5, 5.41) is 9.74.